The van der Waals surface area contributed by atoms with Crippen LogP contribution >= 0.6 is 0 Å². The molecule has 0 aromatic carbocycles. The van der Waals surface area contributed by atoms with E-state index in [1.54, 1.807) is 0 Å². The highest BCUT2D eigenvalue weighted by Crippen LogP contribution is 2.18. The first-order valence-electron chi connectivity index (χ1n) is 4.26. The first-order chi connectivity index (χ1) is 7.57. The number of hydrogen-bond acceptors (Lipinski definition) is 8. The summed E-state index contributed by atoms with van der Waals surface area (Å²) >= 11 is 0. The molecule has 0 amide bonds. The Balaban J connectivity index is 0.000000437. The lowest BCUT2D eigenvalue weighted by molar-refractivity contribution is -0.286. The van der Waals surface area contributed by atoms with Gasteiger partial charge in [0.05, 0.1) is 6.61 Å². The second-order valence-electron chi connectivity index (χ2n) is 3.17. The van der Waals surface area contributed by atoms with Crippen LogP contribution in [0.2, 0.25) is 0 Å². The SMILES string of the molecule is O=S(=O)(O)O.OCC1O[C@H](O)[C@@H](O)[C@H](O)C1O. The van der Waals surface area contributed by atoms with Gasteiger partial charge in [-0.2, -0.15) is 8.42 Å². The van der Waals surface area contributed by atoms with Crippen LogP contribution in [0.1, 0.15) is 0 Å². The van der Waals surface area contributed by atoms with Crippen LogP contribution in [-0.4, -0.2) is 80.4 Å². The van der Waals surface area contributed by atoms with E-state index in [1.807, 2.05) is 0 Å². The third-order valence-corrected chi connectivity index (χ3v) is 1.87. The Morgan fingerprint density at radius 3 is 1.71 bits per heavy atom. The monoisotopic (exact) mass is 278 g/mol. The third kappa shape index (κ3) is 6.21. The molecule has 1 aliphatic heterocycles. The highest BCUT2D eigenvalue weighted by atomic mass is 32.3. The minimum atomic E-state index is -4.67. The molecule has 1 rings (SSSR count). The van der Waals surface area contributed by atoms with Crippen molar-refractivity contribution in [3.05, 3.63) is 0 Å². The molecule has 10 nitrogen and oxygen atoms in total. The average Bonchev–Trinajstić information content (AvgIpc) is 2.18. The Hall–Kier alpha value is -0.370. The molecule has 1 saturated heterocycles. The van der Waals surface area contributed by atoms with Crippen LogP contribution in [0.4, 0.5) is 0 Å². The van der Waals surface area contributed by atoms with Gasteiger partial charge in [0, 0.05) is 0 Å². The van der Waals surface area contributed by atoms with Crippen molar-refractivity contribution >= 4 is 10.4 Å². The van der Waals surface area contributed by atoms with Gasteiger partial charge >= 0.3 is 10.4 Å². The van der Waals surface area contributed by atoms with E-state index in [4.69, 9.17) is 43.1 Å². The lowest BCUT2D eigenvalue weighted by Gasteiger charge is -2.37. The maximum absolute atomic E-state index is 9.12. The summed E-state index contributed by atoms with van der Waals surface area (Å²) in [5.41, 5.74) is 0. The number of aliphatic hydroxyl groups is 5. The Morgan fingerprint density at radius 1 is 0.941 bits per heavy atom. The van der Waals surface area contributed by atoms with Crippen molar-refractivity contribution in [3.8, 4) is 0 Å². The molecular formula is C6H14O10S. The molecule has 2 unspecified atom stereocenters. The molecule has 0 radical (unpaired) electrons. The van der Waals surface area contributed by atoms with Gasteiger partial charge in [0.2, 0.25) is 0 Å². The van der Waals surface area contributed by atoms with E-state index < -0.39 is 47.7 Å². The summed E-state index contributed by atoms with van der Waals surface area (Å²) in [5, 5.41) is 44.7. The Bertz CT molecular complexity index is 302. The lowest BCUT2D eigenvalue weighted by Crippen LogP contribution is -2.58. The topological polar surface area (TPSA) is 185 Å². The number of ether oxygens (including phenoxy) is 1. The molecular weight excluding hydrogens is 264 g/mol. The van der Waals surface area contributed by atoms with E-state index in [2.05, 4.69) is 4.74 Å². The van der Waals surface area contributed by atoms with E-state index >= 15 is 0 Å². The van der Waals surface area contributed by atoms with Gasteiger partial charge in [-0.15, -0.1) is 0 Å². The quantitative estimate of drug-likeness (QED) is 0.234. The highest BCUT2D eigenvalue weighted by Gasteiger charge is 2.42. The summed E-state index contributed by atoms with van der Waals surface area (Å²) in [6.45, 7) is -0.526. The van der Waals surface area contributed by atoms with Gasteiger partial charge in [0.25, 0.3) is 0 Å². The van der Waals surface area contributed by atoms with Crippen molar-refractivity contribution in [1.82, 2.24) is 0 Å². The number of hydrogen-bond donors (Lipinski definition) is 7. The van der Waals surface area contributed by atoms with Gasteiger partial charge in [-0.3, -0.25) is 9.11 Å². The molecule has 11 heteroatoms. The number of rotatable bonds is 1. The summed E-state index contributed by atoms with van der Waals surface area (Å²) in [7, 11) is -4.67. The first kappa shape index (κ1) is 16.6. The van der Waals surface area contributed by atoms with Gasteiger partial charge in [0.1, 0.15) is 24.4 Å². The predicted molar refractivity (Wildman–Crippen MR) is 50.2 cm³/mol. The summed E-state index contributed by atoms with van der Waals surface area (Å²) < 4.78 is 36.2. The zero-order valence-electron chi connectivity index (χ0n) is 8.36. The fraction of sp³-hybridized carbons (Fsp3) is 1.00. The third-order valence-electron chi connectivity index (χ3n) is 1.87. The van der Waals surface area contributed by atoms with Crippen molar-refractivity contribution in [2.45, 2.75) is 30.7 Å². The second kappa shape index (κ2) is 6.53. The van der Waals surface area contributed by atoms with Gasteiger partial charge in [-0.05, 0) is 0 Å². The largest absolute Gasteiger partial charge is 0.394 e. The smallest absolute Gasteiger partial charge is 0.394 e. The molecule has 0 spiro atoms. The van der Waals surface area contributed by atoms with Crippen molar-refractivity contribution in [2.75, 3.05) is 6.61 Å². The molecule has 17 heavy (non-hydrogen) atoms. The van der Waals surface area contributed by atoms with Crippen LogP contribution in [-0.2, 0) is 15.1 Å². The van der Waals surface area contributed by atoms with E-state index in [9.17, 15) is 0 Å². The van der Waals surface area contributed by atoms with Gasteiger partial charge in [-0.1, -0.05) is 0 Å². The molecule has 7 N–H and O–H groups in total. The van der Waals surface area contributed by atoms with Crippen LogP contribution in [0.5, 0.6) is 0 Å². The van der Waals surface area contributed by atoms with Crippen molar-refractivity contribution in [2.24, 2.45) is 0 Å². The van der Waals surface area contributed by atoms with Crippen LogP contribution in [0.15, 0.2) is 0 Å². The molecule has 0 aromatic rings. The van der Waals surface area contributed by atoms with Gasteiger partial charge in [0.15, 0.2) is 6.29 Å². The maximum atomic E-state index is 9.12. The van der Waals surface area contributed by atoms with E-state index in [0.29, 0.717) is 0 Å². The lowest BCUT2D eigenvalue weighted by atomic mass is 10.00. The van der Waals surface area contributed by atoms with E-state index in [1.165, 1.54) is 0 Å². The molecule has 5 atom stereocenters. The Kier molecular flexibility index (Phi) is 6.39. The average molecular weight is 278 g/mol. The summed E-state index contributed by atoms with van der Waals surface area (Å²) in [4.78, 5) is 0. The zero-order chi connectivity index (χ0) is 13.8. The van der Waals surface area contributed by atoms with Crippen molar-refractivity contribution in [3.63, 3.8) is 0 Å². The molecule has 0 bridgehead atoms. The molecule has 1 aliphatic rings. The fourth-order valence-electron chi connectivity index (χ4n) is 1.08. The standard InChI is InChI=1S/C6H12O6.H2O4S/c7-1-2-3(8)4(9)5(10)6(11)12-2;1-5(2,3)4/h2-11H,1H2;(H2,1,2,3,4)/t2?,3?,4-,5+,6+;/m1./s1. The minimum Gasteiger partial charge on any atom is -0.394 e. The maximum Gasteiger partial charge on any atom is 0.394 e. The zero-order valence-corrected chi connectivity index (χ0v) is 9.17. The van der Waals surface area contributed by atoms with Crippen molar-refractivity contribution in [1.29, 1.82) is 0 Å². The Morgan fingerprint density at radius 2 is 1.35 bits per heavy atom. The molecule has 1 heterocycles. The number of aliphatic hydroxyl groups excluding tert-OH is 5. The van der Waals surface area contributed by atoms with Crippen LogP contribution in [0.3, 0.4) is 0 Å². The molecule has 1 fully saturated rings. The summed E-state index contributed by atoms with van der Waals surface area (Å²) in [5.74, 6) is 0. The normalized spacial score (nSPS) is 38.2. The highest BCUT2D eigenvalue weighted by molar-refractivity contribution is 7.79. The first-order valence-corrected chi connectivity index (χ1v) is 5.66. The minimum absolute atomic E-state index is 0.526. The Labute approximate surface area is 96.3 Å². The molecule has 0 aromatic heterocycles. The summed E-state index contributed by atoms with van der Waals surface area (Å²) in [6.07, 6.45) is -7.04. The van der Waals surface area contributed by atoms with E-state index in [-0.39, 0.29) is 0 Å². The van der Waals surface area contributed by atoms with Gasteiger partial charge in [-0.25, -0.2) is 0 Å². The van der Waals surface area contributed by atoms with Crippen LogP contribution < -0.4 is 0 Å². The summed E-state index contributed by atoms with van der Waals surface area (Å²) in [6, 6.07) is 0. The second-order valence-corrected chi connectivity index (χ2v) is 4.06. The van der Waals surface area contributed by atoms with Crippen LogP contribution in [0.25, 0.3) is 0 Å². The molecule has 104 valence electrons. The fourth-order valence-corrected chi connectivity index (χ4v) is 1.08. The predicted octanol–water partition coefficient (Wildman–Crippen LogP) is -3.87. The van der Waals surface area contributed by atoms with Crippen LogP contribution in [0, 0.1) is 0 Å². The molecule has 0 aliphatic carbocycles. The molecule has 0 saturated carbocycles. The van der Waals surface area contributed by atoms with Crippen molar-refractivity contribution < 1.29 is 47.8 Å². The van der Waals surface area contributed by atoms with E-state index in [0.717, 1.165) is 0 Å². The van der Waals surface area contributed by atoms with Gasteiger partial charge < -0.3 is 30.3 Å².